The zero-order chi connectivity index (χ0) is 14.8. The number of nitrogens with two attached hydrogens (primary N) is 1. The Labute approximate surface area is 113 Å². The van der Waals surface area contributed by atoms with Gasteiger partial charge in [-0.25, -0.2) is 8.42 Å². The van der Waals surface area contributed by atoms with E-state index in [4.69, 9.17) is 5.73 Å². The Morgan fingerprint density at radius 3 is 2.32 bits per heavy atom. The Kier molecular flexibility index (Phi) is 4.54. The predicted octanol–water partition coefficient (Wildman–Crippen LogP) is 0.286. The molecule has 0 unspecified atom stereocenters. The van der Waals surface area contributed by atoms with Crippen molar-refractivity contribution in [3.05, 3.63) is 23.8 Å². The van der Waals surface area contributed by atoms with E-state index in [1.54, 1.807) is 33.2 Å². The van der Waals surface area contributed by atoms with Crippen LogP contribution in [-0.2, 0) is 14.8 Å². The SMILES string of the molecule is Cc1cccc(N)c1S(=O)(=O)N(C)CC(=O)N(C)C. The standard InChI is InChI=1S/C12H19N3O3S/c1-9-6-5-7-10(13)12(9)19(17,18)15(4)8-11(16)14(2)3/h5-7H,8,13H2,1-4H3. The molecule has 0 aliphatic heterocycles. The number of amides is 1. The minimum atomic E-state index is -3.77. The molecule has 0 atom stereocenters. The van der Waals surface area contributed by atoms with E-state index in [1.165, 1.54) is 18.0 Å². The van der Waals surface area contributed by atoms with Gasteiger partial charge < -0.3 is 10.6 Å². The minimum Gasteiger partial charge on any atom is -0.398 e. The number of rotatable bonds is 4. The van der Waals surface area contributed by atoms with E-state index in [-0.39, 0.29) is 23.0 Å². The molecule has 1 aromatic rings. The normalized spacial score (nSPS) is 11.6. The fraction of sp³-hybridized carbons (Fsp3) is 0.417. The number of carbonyl (C=O) groups is 1. The quantitative estimate of drug-likeness (QED) is 0.806. The summed E-state index contributed by atoms with van der Waals surface area (Å²) < 4.78 is 25.8. The van der Waals surface area contributed by atoms with Crippen molar-refractivity contribution < 1.29 is 13.2 Å². The Hall–Kier alpha value is -1.60. The molecule has 0 saturated carbocycles. The van der Waals surface area contributed by atoms with Gasteiger partial charge in [-0.05, 0) is 18.6 Å². The van der Waals surface area contributed by atoms with Crippen LogP contribution in [-0.4, -0.2) is 51.2 Å². The van der Waals surface area contributed by atoms with E-state index in [9.17, 15) is 13.2 Å². The zero-order valence-electron chi connectivity index (χ0n) is 11.5. The minimum absolute atomic E-state index is 0.0593. The summed E-state index contributed by atoms with van der Waals surface area (Å²) in [6, 6.07) is 4.89. The number of hydrogen-bond donors (Lipinski definition) is 1. The van der Waals surface area contributed by atoms with Crippen molar-refractivity contribution in [2.75, 3.05) is 33.4 Å². The number of sulfonamides is 1. The predicted molar refractivity (Wildman–Crippen MR) is 74.1 cm³/mol. The van der Waals surface area contributed by atoms with Crippen LogP contribution in [0.3, 0.4) is 0 Å². The van der Waals surface area contributed by atoms with E-state index in [1.807, 2.05) is 0 Å². The highest BCUT2D eigenvalue weighted by atomic mass is 32.2. The summed E-state index contributed by atoms with van der Waals surface area (Å²) in [5.74, 6) is -0.293. The number of hydrogen-bond acceptors (Lipinski definition) is 4. The average molecular weight is 285 g/mol. The summed E-state index contributed by atoms with van der Waals surface area (Å²) in [5.41, 5.74) is 6.48. The fourth-order valence-electron chi connectivity index (χ4n) is 1.60. The molecule has 0 aromatic heterocycles. The van der Waals surface area contributed by atoms with Crippen LogP contribution in [0.1, 0.15) is 5.56 Å². The third-order valence-electron chi connectivity index (χ3n) is 2.77. The van der Waals surface area contributed by atoms with Crippen LogP contribution in [0.25, 0.3) is 0 Å². The van der Waals surface area contributed by atoms with Gasteiger partial charge in [0.2, 0.25) is 15.9 Å². The first-order valence-electron chi connectivity index (χ1n) is 5.69. The first kappa shape index (κ1) is 15.5. The summed E-state index contributed by atoms with van der Waals surface area (Å²) in [5, 5.41) is 0. The number of nitrogens with zero attached hydrogens (tertiary/aromatic N) is 2. The highest BCUT2D eigenvalue weighted by molar-refractivity contribution is 7.89. The fourth-order valence-corrected chi connectivity index (χ4v) is 3.03. The lowest BCUT2D eigenvalue weighted by Gasteiger charge is -2.21. The second kappa shape index (κ2) is 5.58. The molecule has 0 heterocycles. The second-order valence-electron chi connectivity index (χ2n) is 4.54. The molecule has 6 nitrogen and oxygen atoms in total. The van der Waals surface area contributed by atoms with E-state index < -0.39 is 10.0 Å². The van der Waals surface area contributed by atoms with Gasteiger partial charge in [-0.1, -0.05) is 12.1 Å². The highest BCUT2D eigenvalue weighted by Gasteiger charge is 2.27. The lowest BCUT2D eigenvalue weighted by atomic mass is 10.2. The van der Waals surface area contributed by atoms with Crippen LogP contribution < -0.4 is 5.73 Å². The van der Waals surface area contributed by atoms with Crippen LogP contribution >= 0.6 is 0 Å². The summed E-state index contributed by atoms with van der Waals surface area (Å²) in [7, 11) is 0.744. The van der Waals surface area contributed by atoms with Crippen molar-refractivity contribution >= 4 is 21.6 Å². The van der Waals surface area contributed by atoms with Gasteiger partial charge in [0.05, 0.1) is 12.2 Å². The maximum absolute atomic E-state index is 12.4. The number of aryl methyl sites for hydroxylation is 1. The molecular weight excluding hydrogens is 266 g/mol. The van der Waals surface area contributed by atoms with Crippen LogP contribution in [0, 0.1) is 6.92 Å². The van der Waals surface area contributed by atoms with Crippen LogP contribution in [0.15, 0.2) is 23.1 Å². The van der Waals surface area contributed by atoms with E-state index >= 15 is 0 Å². The number of likely N-dealkylation sites (N-methyl/N-ethyl adjacent to an activating group) is 2. The molecule has 0 spiro atoms. The van der Waals surface area contributed by atoms with Crippen LogP contribution in [0.4, 0.5) is 5.69 Å². The Balaban J connectivity index is 3.14. The highest BCUT2D eigenvalue weighted by Crippen LogP contribution is 2.24. The van der Waals surface area contributed by atoms with Crippen molar-refractivity contribution in [2.24, 2.45) is 0 Å². The van der Waals surface area contributed by atoms with Gasteiger partial charge >= 0.3 is 0 Å². The largest absolute Gasteiger partial charge is 0.398 e. The molecule has 0 bridgehead atoms. The Morgan fingerprint density at radius 2 is 1.84 bits per heavy atom. The molecule has 7 heteroatoms. The lowest BCUT2D eigenvalue weighted by molar-refractivity contribution is -0.128. The molecule has 0 saturated heterocycles. The third kappa shape index (κ3) is 3.24. The first-order chi connectivity index (χ1) is 8.67. The number of carbonyl (C=O) groups excluding carboxylic acids is 1. The molecule has 0 fully saturated rings. The van der Waals surface area contributed by atoms with Crippen molar-refractivity contribution in [3.63, 3.8) is 0 Å². The van der Waals surface area contributed by atoms with Gasteiger partial charge in [0.1, 0.15) is 4.90 Å². The molecule has 106 valence electrons. The molecular formula is C12H19N3O3S. The maximum Gasteiger partial charge on any atom is 0.245 e. The number of anilines is 1. The molecule has 0 aliphatic carbocycles. The van der Waals surface area contributed by atoms with Crippen molar-refractivity contribution in [2.45, 2.75) is 11.8 Å². The van der Waals surface area contributed by atoms with E-state index in [2.05, 4.69) is 0 Å². The molecule has 1 aromatic carbocycles. The molecule has 0 radical (unpaired) electrons. The Morgan fingerprint density at radius 1 is 1.26 bits per heavy atom. The van der Waals surface area contributed by atoms with Gasteiger partial charge in [-0.2, -0.15) is 4.31 Å². The summed E-state index contributed by atoms with van der Waals surface area (Å²) in [4.78, 5) is 13.0. The van der Waals surface area contributed by atoms with E-state index in [0.29, 0.717) is 5.56 Å². The molecule has 1 rings (SSSR count). The summed E-state index contributed by atoms with van der Waals surface area (Å²) >= 11 is 0. The van der Waals surface area contributed by atoms with Gasteiger partial charge in [-0.3, -0.25) is 4.79 Å². The topological polar surface area (TPSA) is 83.7 Å². The van der Waals surface area contributed by atoms with E-state index in [0.717, 1.165) is 4.31 Å². The number of nitrogen functional groups attached to an aromatic ring is 1. The van der Waals surface area contributed by atoms with Gasteiger partial charge in [0.25, 0.3) is 0 Å². The maximum atomic E-state index is 12.4. The molecule has 0 aliphatic rings. The lowest BCUT2D eigenvalue weighted by Crippen LogP contribution is -2.38. The zero-order valence-corrected chi connectivity index (χ0v) is 12.4. The number of benzene rings is 1. The molecule has 2 N–H and O–H groups in total. The van der Waals surface area contributed by atoms with Crippen LogP contribution in [0.2, 0.25) is 0 Å². The third-order valence-corrected chi connectivity index (χ3v) is 4.79. The smallest absolute Gasteiger partial charge is 0.245 e. The summed E-state index contributed by atoms with van der Waals surface area (Å²) in [6.07, 6.45) is 0. The Bertz CT molecular complexity index is 562. The van der Waals surface area contributed by atoms with Crippen molar-refractivity contribution in [1.82, 2.24) is 9.21 Å². The average Bonchev–Trinajstić information content (AvgIpc) is 2.27. The van der Waals surface area contributed by atoms with Crippen LogP contribution in [0.5, 0.6) is 0 Å². The van der Waals surface area contributed by atoms with Gasteiger partial charge in [0.15, 0.2) is 0 Å². The monoisotopic (exact) mass is 285 g/mol. The second-order valence-corrected chi connectivity index (χ2v) is 6.52. The molecule has 19 heavy (non-hydrogen) atoms. The summed E-state index contributed by atoms with van der Waals surface area (Å²) in [6.45, 7) is 1.45. The van der Waals surface area contributed by atoms with Gasteiger partial charge in [-0.15, -0.1) is 0 Å². The van der Waals surface area contributed by atoms with Crippen molar-refractivity contribution in [3.8, 4) is 0 Å². The van der Waals surface area contributed by atoms with Gasteiger partial charge in [0, 0.05) is 21.1 Å². The first-order valence-corrected chi connectivity index (χ1v) is 7.13. The van der Waals surface area contributed by atoms with Crippen molar-refractivity contribution in [1.29, 1.82) is 0 Å². The molecule has 1 amide bonds.